The van der Waals surface area contributed by atoms with Gasteiger partial charge in [-0.15, -0.1) is 0 Å². The van der Waals surface area contributed by atoms with E-state index < -0.39 is 6.04 Å². The molecule has 5 nitrogen and oxygen atoms in total. The summed E-state index contributed by atoms with van der Waals surface area (Å²) in [7, 11) is 0. The lowest BCUT2D eigenvalue weighted by atomic mass is 9.92. The van der Waals surface area contributed by atoms with Crippen molar-refractivity contribution in [3.8, 4) is 5.75 Å². The van der Waals surface area contributed by atoms with E-state index in [1.807, 2.05) is 38.1 Å². The molecule has 4 rings (SSSR count). The summed E-state index contributed by atoms with van der Waals surface area (Å²) < 4.78 is 5.86. The monoisotopic (exact) mass is 420 g/mol. The van der Waals surface area contributed by atoms with Gasteiger partial charge in [-0.2, -0.15) is 0 Å². The molecule has 1 aliphatic carbocycles. The summed E-state index contributed by atoms with van der Waals surface area (Å²) in [6, 6.07) is 13.9. The van der Waals surface area contributed by atoms with Crippen LogP contribution in [0.1, 0.15) is 48.9 Å². The van der Waals surface area contributed by atoms with Gasteiger partial charge in [-0.25, -0.2) is 0 Å². The predicted octanol–water partition coefficient (Wildman–Crippen LogP) is 3.67. The molecule has 1 aliphatic heterocycles. The molecule has 1 heterocycles. The fraction of sp³-hybridized carbons (Fsp3) is 0.462. The van der Waals surface area contributed by atoms with Gasteiger partial charge in [0.05, 0.1) is 6.54 Å². The number of hydrogen-bond acceptors (Lipinski definition) is 3. The first-order valence-electron chi connectivity index (χ1n) is 11.4. The SMILES string of the molecule is CC(C)CC(=O)N1Cc2ccccc2CC1C(=O)NCCOc1ccc2c(c1)CCC2. The summed E-state index contributed by atoms with van der Waals surface area (Å²) in [4.78, 5) is 27.6. The molecule has 0 radical (unpaired) electrons. The Morgan fingerprint density at radius 1 is 1.06 bits per heavy atom. The second kappa shape index (κ2) is 9.54. The van der Waals surface area contributed by atoms with E-state index in [1.54, 1.807) is 4.90 Å². The van der Waals surface area contributed by atoms with Crippen LogP contribution in [0.3, 0.4) is 0 Å². The van der Waals surface area contributed by atoms with Gasteiger partial charge in [-0.1, -0.05) is 44.2 Å². The molecule has 1 unspecified atom stereocenters. The molecule has 0 spiro atoms. The molecule has 0 saturated heterocycles. The van der Waals surface area contributed by atoms with Crippen molar-refractivity contribution in [1.82, 2.24) is 10.2 Å². The zero-order valence-corrected chi connectivity index (χ0v) is 18.5. The maximum atomic E-state index is 13.0. The Kier molecular flexibility index (Phi) is 6.59. The standard InChI is InChI=1S/C26H32N2O3/c1-18(2)14-25(29)28-17-22-7-4-3-6-21(22)16-24(28)26(30)27-12-13-31-23-11-10-19-8-5-9-20(19)15-23/h3-4,6-7,10-11,15,18,24H,5,8-9,12-14,16-17H2,1-2H3,(H,27,30). The lowest BCUT2D eigenvalue weighted by Crippen LogP contribution is -2.53. The van der Waals surface area contributed by atoms with E-state index in [0.717, 1.165) is 29.7 Å². The van der Waals surface area contributed by atoms with Gasteiger partial charge in [-0.3, -0.25) is 9.59 Å². The number of rotatable bonds is 7. The molecule has 1 N–H and O–H groups in total. The highest BCUT2D eigenvalue weighted by atomic mass is 16.5. The number of amides is 2. The van der Waals surface area contributed by atoms with E-state index in [0.29, 0.717) is 32.5 Å². The number of ether oxygens (including phenoxy) is 1. The number of carbonyl (C=O) groups is 2. The fourth-order valence-electron chi connectivity index (χ4n) is 4.58. The smallest absolute Gasteiger partial charge is 0.243 e. The Hall–Kier alpha value is -2.82. The normalized spacial score (nSPS) is 17.3. The molecule has 0 saturated carbocycles. The maximum Gasteiger partial charge on any atom is 0.243 e. The number of benzene rings is 2. The molecule has 2 aliphatic rings. The minimum Gasteiger partial charge on any atom is -0.492 e. The average Bonchev–Trinajstić information content (AvgIpc) is 3.23. The number of carbonyl (C=O) groups excluding carboxylic acids is 2. The summed E-state index contributed by atoms with van der Waals surface area (Å²) in [5.41, 5.74) is 5.07. The Morgan fingerprint density at radius 2 is 1.84 bits per heavy atom. The van der Waals surface area contributed by atoms with E-state index >= 15 is 0 Å². The molecule has 2 aromatic rings. The first-order valence-corrected chi connectivity index (χ1v) is 11.4. The molecular weight excluding hydrogens is 388 g/mol. The van der Waals surface area contributed by atoms with Gasteiger partial charge in [-0.05, 0) is 59.6 Å². The van der Waals surface area contributed by atoms with Crippen LogP contribution < -0.4 is 10.1 Å². The molecule has 0 fully saturated rings. The molecule has 0 bridgehead atoms. The minimum atomic E-state index is -0.471. The minimum absolute atomic E-state index is 0.0408. The van der Waals surface area contributed by atoms with E-state index in [4.69, 9.17) is 4.74 Å². The van der Waals surface area contributed by atoms with Crippen LogP contribution in [-0.2, 0) is 35.4 Å². The molecule has 5 heteroatoms. The second-order valence-electron chi connectivity index (χ2n) is 9.03. The van der Waals surface area contributed by atoms with Gasteiger partial charge in [0.2, 0.25) is 11.8 Å². The number of nitrogens with zero attached hydrogens (tertiary/aromatic N) is 1. The van der Waals surface area contributed by atoms with Gasteiger partial charge in [0.1, 0.15) is 18.4 Å². The maximum absolute atomic E-state index is 13.0. The van der Waals surface area contributed by atoms with Crippen LogP contribution in [0.25, 0.3) is 0 Å². The van der Waals surface area contributed by atoms with E-state index in [2.05, 4.69) is 23.5 Å². The zero-order chi connectivity index (χ0) is 21.8. The average molecular weight is 421 g/mol. The molecule has 1 atom stereocenters. The first kappa shape index (κ1) is 21.4. The van der Waals surface area contributed by atoms with Crippen LogP contribution >= 0.6 is 0 Å². The highest BCUT2D eigenvalue weighted by Crippen LogP contribution is 2.26. The van der Waals surface area contributed by atoms with Crippen LogP contribution in [0.5, 0.6) is 5.75 Å². The molecule has 2 amide bonds. The van der Waals surface area contributed by atoms with Crippen molar-refractivity contribution < 1.29 is 14.3 Å². The van der Waals surface area contributed by atoms with Crippen molar-refractivity contribution in [2.75, 3.05) is 13.2 Å². The molecule has 31 heavy (non-hydrogen) atoms. The Morgan fingerprint density at radius 3 is 2.65 bits per heavy atom. The summed E-state index contributed by atoms with van der Waals surface area (Å²) in [5, 5.41) is 2.99. The summed E-state index contributed by atoms with van der Waals surface area (Å²) >= 11 is 0. The topological polar surface area (TPSA) is 58.6 Å². The summed E-state index contributed by atoms with van der Waals surface area (Å²) in [6.45, 7) is 5.38. The second-order valence-corrected chi connectivity index (χ2v) is 9.03. The Bertz CT molecular complexity index is 953. The van der Waals surface area contributed by atoms with Gasteiger partial charge in [0.15, 0.2) is 0 Å². The number of aryl methyl sites for hydroxylation is 2. The Labute approximate surface area is 184 Å². The van der Waals surface area contributed by atoms with Crippen molar-refractivity contribution in [1.29, 1.82) is 0 Å². The third-order valence-electron chi connectivity index (χ3n) is 6.19. The highest BCUT2D eigenvalue weighted by molar-refractivity contribution is 5.88. The van der Waals surface area contributed by atoms with E-state index in [9.17, 15) is 9.59 Å². The molecule has 2 aromatic carbocycles. The van der Waals surface area contributed by atoms with Crippen LogP contribution in [0.2, 0.25) is 0 Å². The number of hydrogen-bond donors (Lipinski definition) is 1. The molecule has 164 valence electrons. The van der Waals surface area contributed by atoms with Crippen molar-refractivity contribution in [3.05, 3.63) is 64.7 Å². The lowest BCUT2D eigenvalue weighted by molar-refractivity contribution is -0.142. The van der Waals surface area contributed by atoms with Gasteiger partial charge >= 0.3 is 0 Å². The van der Waals surface area contributed by atoms with E-state index in [-0.39, 0.29) is 17.7 Å². The highest BCUT2D eigenvalue weighted by Gasteiger charge is 2.34. The van der Waals surface area contributed by atoms with Crippen LogP contribution in [0.4, 0.5) is 0 Å². The molecular formula is C26H32N2O3. The van der Waals surface area contributed by atoms with Crippen LogP contribution in [-0.4, -0.2) is 35.9 Å². The van der Waals surface area contributed by atoms with Crippen molar-refractivity contribution >= 4 is 11.8 Å². The van der Waals surface area contributed by atoms with Crippen molar-refractivity contribution in [2.24, 2.45) is 5.92 Å². The summed E-state index contributed by atoms with van der Waals surface area (Å²) in [6.07, 6.45) is 4.49. The van der Waals surface area contributed by atoms with Crippen molar-refractivity contribution in [3.63, 3.8) is 0 Å². The quantitative estimate of drug-likeness (QED) is 0.696. The largest absolute Gasteiger partial charge is 0.492 e. The van der Waals surface area contributed by atoms with Crippen LogP contribution in [0.15, 0.2) is 42.5 Å². The fourth-order valence-corrected chi connectivity index (χ4v) is 4.58. The van der Waals surface area contributed by atoms with Crippen molar-refractivity contribution in [2.45, 2.75) is 58.5 Å². The zero-order valence-electron chi connectivity index (χ0n) is 18.5. The lowest BCUT2D eigenvalue weighted by Gasteiger charge is -2.36. The third kappa shape index (κ3) is 5.09. The third-order valence-corrected chi connectivity index (χ3v) is 6.19. The van der Waals surface area contributed by atoms with Gasteiger partial charge < -0.3 is 15.0 Å². The summed E-state index contributed by atoms with van der Waals surface area (Å²) in [5.74, 6) is 1.05. The Balaban J connectivity index is 1.35. The van der Waals surface area contributed by atoms with Gasteiger partial charge in [0.25, 0.3) is 0 Å². The van der Waals surface area contributed by atoms with E-state index in [1.165, 1.54) is 17.5 Å². The number of fused-ring (bicyclic) bond motifs is 2. The molecule has 0 aromatic heterocycles. The number of nitrogens with one attached hydrogen (secondary N) is 1. The van der Waals surface area contributed by atoms with Crippen LogP contribution in [0, 0.1) is 5.92 Å². The first-order chi connectivity index (χ1) is 15.0. The predicted molar refractivity (Wildman–Crippen MR) is 121 cm³/mol. The van der Waals surface area contributed by atoms with Gasteiger partial charge in [0, 0.05) is 19.4 Å².